The molecular weight excluding hydrogens is 340 g/mol. The smallest absolute Gasteiger partial charge is 0.160 e. The van der Waals surface area contributed by atoms with Gasteiger partial charge in [-0.15, -0.1) is 0 Å². The van der Waals surface area contributed by atoms with Crippen molar-refractivity contribution >= 4 is 24.3 Å². The molecule has 0 radical (unpaired) electrons. The van der Waals surface area contributed by atoms with Crippen molar-refractivity contribution in [1.29, 1.82) is 0 Å². The van der Waals surface area contributed by atoms with Crippen molar-refractivity contribution in [3.05, 3.63) is 120 Å². The van der Waals surface area contributed by atoms with Gasteiger partial charge >= 0.3 is 0 Å². The average Bonchev–Trinajstić information content (AvgIpc) is 2.78. The van der Waals surface area contributed by atoms with E-state index in [1.54, 1.807) is 12.4 Å². The van der Waals surface area contributed by atoms with E-state index in [1.807, 2.05) is 42.5 Å². The molecule has 4 rings (SSSR count). The highest BCUT2D eigenvalue weighted by Gasteiger charge is 2.10. The Morgan fingerprint density at radius 2 is 0.964 bits per heavy atom. The van der Waals surface area contributed by atoms with Gasteiger partial charge in [-0.2, -0.15) is 0 Å². The quantitative estimate of drug-likeness (QED) is 0.380. The molecule has 1 aromatic heterocycles. The molecule has 134 valence electrons. The fourth-order valence-electron chi connectivity index (χ4n) is 3.05. The van der Waals surface area contributed by atoms with E-state index in [1.165, 1.54) is 0 Å². The van der Waals surface area contributed by atoms with Gasteiger partial charge in [0.2, 0.25) is 0 Å². The highest BCUT2D eigenvalue weighted by molar-refractivity contribution is 5.86. The molecule has 28 heavy (non-hydrogen) atoms. The summed E-state index contributed by atoms with van der Waals surface area (Å²) in [6, 6.07) is 28.7. The Morgan fingerprint density at radius 3 is 1.46 bits per heavy atom. The predicted molar refractivity (Wildman–Crippen MR) is 118 cm³/mol. The summed E-state index contributed by atoms with van der Waals surface area (Å²) in [4.78, 5) is 9.00. The van der Waals surface area contributed by atoms with Crippen LogP contribution in [0.15, 0.2) is 97.3 Å². The molecule has 0 atom stereocenters. The van der Waals surface area contributed by atoms with Crippen LogP contribution in [0.5, 0.6) is 0 Å². The van der Waals surface area contributed by atoms with Crippen molar-refractivity contribution in [3.8, 4) is 11.4 Å². The Bertz CT molecular complexity index is 1020. The Kier molecular flexibility index (Phi) is 5.50. The van der Waals surface area contributed by atoms with E-state index >= 15 is 0 Å². The Labute approximate surface area is 165 Å². The summed E-state index contributed by atoms with van der Waals surface area (Å²) in [6.07, 6.45) is 12.1. The molecule has 0 unspecified atom stereocenters. The summed E-state index contributed by atoms with van der Waals surface area (Å²) in [7, 11) is 0. The van der Waals surface area contributed by atoms with Gasteiger partial charge in [0, 0.05) is 18.0 Å². The minimum absolute atomic E-state index is 0.725. The van der Waals surface area contributed by atoms with Crippen molar-refractivity contribution in [1.82, 2.24) is 9.97 Å². The summed E-state index contributed by atoms with van der Waals surface area (Å²) in [5.41, 5.74) is 5.53. The molecule has 0 amide bonds. The van der Waals surface area contributed by atoms with Gasteiger partial charge in [0.1, 0.15) is 0 Å². The molecule has 2 nitrogen and oxygen atoms in total. The summed E-state index contributed by atoms with van der Waals surface area (Å²) < 4.78 is 0. The standard InChI is InChI=1S/C26H20N2/c1-3-9-21(10-4-1)15-17-23-13-7-14-24(18-16-22-11-5-2-6-12-22)25(23)26-27-19-8-20-28-26/h1-20H/b17-15+,18-16+. The number of hydrogen-bond acceptors (Lipinski definition) is 2. The lowest BCUT2D eigenvalue weighted by molar-refractivity contribution is 1.17. The van der Waals surface area contributed by atoms with Crippen LogP contribution in [0, 0.1) is 0 Å². The fourth-order valence-corrected chi connectivity index (χ4v) is 3.05. The lowest BCUT2D eigenvalue weighted by atomic mass is 9.98. The number of rotatable bonds is 5. The number of nitrogens with zero attached hydrogens (tertiary/aromatic N) is 2. The van der Waals surface area contributed by atoms with Crippen LogP contribution in [0.2, 0.25) is 0 Å². The summed E-state index contributed by atoms with van der Waals surface area (Å²) in [5.74, 6) is 0.725. The van der Waals surface area contributed by atoms with E-state index in [9.17, 15) is 0 Å². The molecule has 0 N–H and O–H groups in total. The number of benzene rings is 3. The van der Waals surface area contributed by atoms with Crippen LogP contribution in [0.25, 0.3) is 35.7 Å². The van der Waals surface area contributed by atoms with Crippen LogP contribution in [-0.2, 0) is 0 Å². The average molecular weight is 360 g/mol. The summed E-state index contributed by atoms with van der Waals surface area (Å²) in [6.45, 7) is 0. The van der Waals surface area contributed by atoms with Crippen LogP contribution in [0.1, 0.15) is 22.3 Å². The van der Waals surface area contributed by atoms with Crippen LogP contribution >= 0.6 is 0 Å². The van der Waals surface area contributed by atoms with E-state index in [-0.39, 0.29) is 0 Å². The molecule has 2 heteroatoms. The zero-order chi connectivity index (χ0) is 19.0. The van der Waals surface area contributed by atoms with Gasteiger partial charge in [-0.3, -0.25) is 0 Å². The molecular formula is C26H20N2. The van der Waals surface area contributed by atoms with Crippen LogP contribution in [-0.4, -0.2) is 9.97 Å². The largest absolute Gasteiger partial charge is 0.237 e. The Hall–Kier alpha value is -3.78. The minimum Gasteiger partial charge on any atom is -0.237 e. The van der Waals surface area contributed by atoms with Crippen LogP contribution < -0.4 is 0 Å². The first kappa shape index (κ1) is 17.6. The molecule has 0 saturated heterocycles. The second-order valence-corrected chi connectivity index (χ2v) is 6.37. The Balaban J connectivity index is 1.78. The molecule has 0 saturated carbocycles. The van der Waals surface area contributed by atoms with Crippen LogP contribution in [0.4, 0.5) is 0 Å². The summed E-state index contributed by atoms with van der Waals surface area (Å²) in [5, 5.41) is 0. The third-order valence-corrected chi connectivity index (χ3v) is 4.43. The fraction of sp³-hybridized carbons (Fsp3) is 0. The molecule has 0 bridgehead atoms. The van der Waals surface area contributed by atoms with Crippen molar-refractivity contribution in [3.63, 3.8) is 0 Å². The van der Waals surface area contributed by atoms with E-state index in [0.717, 1.165) is 33.6 Å². The van der Waals surface area contributed by atoms with Crippen molar-refractivity contribution in [2.24, 2.45) is 0 Å². The SMILES string of the molecule is C(=C\c1cccc(/C=C/c2ccccc2)c1-c1ncccn1)/c1ccccc1. The first-order valence-electron chi connectivity index (χ1n) is 9.27. The number of aromatic nitrogens is 2. The topological polar surface area (TPSA) is 25.8 Å². The van der Waals surface area contributed by atoms with Gasteiger partial charge < -0.3 is 0 Å². The molecule has 3 aromatic carbocycles. The zero-order valence-corrected chi connectivity index (χ0v) is 15.4. The molecule has 0 aliphatic rings. The van der Waals surface area contributed by atoms with E-state index in [2.05, 4.69) is 76.7 Å². The normalized spacial score (nSPS) is 11.3. The highest BCUT2D eigenvalue weighted by Crippen LogP contribution is 2.28. The molecule has 0 aliphatic carbocycles. The minimum atomic E-state index is 0.725. The van der Waals surface area contributed by atoms with Crippen LogP contribution in [0.3, 0.4) is 0 Å². The molecule has 0 fully saturated rings. The summed E-state index contributed by atoms with van der Waals surface area (Å²) >= 11 is 0. The maximum absolute atomic E-state index is 4.50. The van der Waals surface area contributed by atoms with Gasteiger partial charge in [-0.05, 0) is 28.3 Å². The van der Waals surface area contributed by atoms with Gasteiger partial charge in [0.05, 0.1) is 0 Å². The van der Waals surface area contributed by atoms with Crippen molar-refractivity contribution < 1.29 is 0 Å². The molecule has 0 aliphatic heterocycles. The second-order valence-electron chi connectivity index (χ2n) is 6.37. The lowest BCUT2D eigenvalue weighted by Gasteiger charge is -2.09. The number of hydrogen-bond donors (Lipinski definition) is 0. The van der Waals surface area contributed by atoms with Gasteiger partial charge in [-0.1, -0.05) is 103 Å². The van der Waals surface area contributed by atoms with E-state index in [0.29, 0.717) is 0 Å². The highest BCUT2D eigenvalue weighted by atomic mass is 14.9. The first-order valence-corrected chi connectivity index (χ1v) is 9.27. The predicted octanol–water partition coefficient (Wildman–Crippen LogP) is 6.48. The monoisotopic (exact) mass is 360 g/mol. The molecule has 0 spiro atoms. The Morgan fingerprint density at radius 1 is 0.464 bits per heavy atom. The maximum atomic E-state index is 4.50. The zero-order valence-electron chi connectivity index (χ0n) is 15.4. The molecule has 1 heterocycles. The van der Waals surface area contributed by atoms with Gasteiger partial charge in [0.25, 0.3) is 0 Å². The third kappa shape index (κ3) is 4.30. The van der Waals surface area contributed by atoms with E-state index in [4.69, 9.17) is 0 Å². The second kappa shape index (κ2) is 8.74. The maximum Gasteiger partial charge on any atom is 0.160 e. The first-order chi connectivity index (χ1) is 13.9. The van der Waals surface area contributed by atoms with Crippen molar-refractivity contribution in [2.45, 2.75) is 0 Å². The third-order valence-electron chi connectivity index (χ3n) is 4.43. The van der Waals surface area contributed by atoms with Crippen molar-refractivity contribution in [2.75, 3.05) is 0 Å². The van der Waals surface area contributed by atoms with Gasteiger partial charge in [-0.25, -0.2) is 9.97 Å². The lowest BCUT2D eigenvalue weighted by Crippen LogP contribution is -1.93. The van der Waals surface area contributed by atoms with E-state index < -0.39 is 0 Å². The van der Waals surface area contributed by atoms with Gasteiger partial charge in [0.15, 0.2) is 5.82 Å². The molecule has 4 aromatic rings.